The highest BCUT2D eigenvalue weighted by atomic mass is 16.4. The number of hydrogen-bond acceptors (Lipinski definition) is 3. The van der Waals surface area contributed by atoms with Gasteiger partial charge in [0, 0.05) is 0 Å². The Bertz CT molecular complexity index is 282. The van der Waals surface area contributed by atoms with Crippen LogP contribution in [0.2, 0.25) is 0 Å². The Hall–Kier alpha value is -1.10. The quantitative estimate of drug-likeness (QED) is 0.556. The third-order valence-corrected chi connectivity index (χ3v) is 3.06. The van der Waals surface area contributed by atoms with E-state index in [2.05, 4.69) is 5.32 Å². The van der Waals surface area contributed by atoms with E-state index in [0.29, 0.717) is 0 Å². The summed E-state index contributed by atoms with van der Waals surface area (Å²) in [6, 6.07) is -1.13. The van der Waals surface area contributed by atoms with Gasteiger partial charge in [0.15, 0.2) is 0 Å². The van der Waals surface area contributed by atoms with Gasteiger partial charge in [0.25, 0.3) is 0 Å². The Morgan fingerprint density at radius 2 is 2.07 bits per heavy atom. The van der Waals surface area contributed by atoms with Gasteiger partial charge >= 0.3 is 6.03 Å². The molecule has 0 bridgehead atoms. The zero-order chi connectivity index (χ0) is 11.1. The molecule has 0 spiro atoms. The van der Waals surface area contributed by atoms with Gasteiger partial charge in [0.1, 0.15) is 12.6 Å². The van der Waals surface area contributed by atoms with Crippen molar-refractivity contribution in [1.82, 2.24) is 5.32 Å². The van der Waals surface area contributed by atoms with Crippen molar-refractivity contribution in [2.24, 2.45) is 0 Å². The Balaban J connectivity index is 2.94. The summed E-state index contributed by atoms with van der Waals surface area (Å²) in [5.41, 5.74) is -0.311. The third kappa shape index (κ3) is 1.48. The van der Waals surface area contributed by atoms with E-state index >= 15 is 0 Å². The van der Waals surface area contributed by atoms with E-state index in [1.165, 1.54) is 0 Å². The summed E-state index contributed by atoms with van der Waals surface area (Å²) in [4.78, 5) is 22.3. The molecule has 0 radical (unpaired) electrons. The molecule has 1 heterocycles. The molecule has 2 unspecified atom stereocenters. The predicted molar refractivity (Wildman–Crippen MR) is 48.1 cm³/mol. The zero-order valence-corrected chi connectivity index (χ0v) is 8.96. The highest BCUT2D eigenvalue weighted by molar-refractivity contribution is 5.81. The van der Waals surface area contributed by atoms with Crippen molar-refractivity contribution in [3.8, 4) is 0 Å². The molecule has 1 fully saturated rings. The second kappa shape index (κ2) is 2.95. The summed E-state index contributed by atoms with van der Waals surface area (Å²) >= 11 is 0. The van der Waals surface area contributed by atoms with Gasteiger partial charge in [-0.25, -0.2) is 9.28 Å². The van der Waals surface area contributed by atoms with E-state index in [-0.39, 0.29) is 22.6 Å². The van der Waals surface area contributed by atoms with Crippen LogP contribution in [0.25, 0.3) is 0 Å². The number of carboxylic acid groups (broad SMARTS) is 1. The molecule has 0 aliphatic carbocycles. The van der Waals surface area contributed by atoms with Gasteiger partial charge in [-0.05, 0) is 20.8 Å². The molecular formula is C9H16N2O3. The molecule has 0 aromatic carbocycles. The Kier molecular flexibility index (Phi) is 2.31. The first-order chi connectivity index (χ1) is 6.18. The maximum Gasteiger partial charge on any atom is 0.417 e. The van der Waals surface area contributed by atoms with Crippen molar-refractivity contribution in [2.75, 3.05) is 13.6 Å². The number of quaternary nitrogens is 1. The molecule has 5 heteroatoms. The van der Waals surface area contributed by atoms with Gasteiger partial charge in [-0.2, -0.15) is 0 Å². The smallest absolute Gasteiger partial charge is 0.417 e. The second-order valence-electron chi connectivity index (χ2n) is 4.87. The molecule has 1 rings (SSSR count). The van der Waals surface area contributed by atoms with Crippen LogP contribution >= 0.6 is 0 Å². The Morgan fingerprint density at radius 3 is 2.29 bits per heavy atom. The van der Waals surface area contributed by atoms with E-state index in [0.717, 1.165) is 0 Å². The first-order valence-corrected chi connectivity index (χ1v) is 4.56. The minimum absolute atomic E-state index is 0.0750. The number of nitrogens with zero attached hydrogens (tertiary/aromatic N) is 1. The van der Waals surface area contributed by atoms with Crippen molar-refractivity contribution < 1.29 is 19.2 Å². The fourth-order valence-electron chi connectivity index (χ4n) is 1.50. The van der Waals surface area contributed by atoms with Crippen LogP contribution in [0.5, 0.6) is 0 Å². The lowest BCUT2D eigenvalue weighted by Gasteiger charge is -2.38. The van der Waals surface area contributed by atoms with Crippen LogP contribution in [0.1, 0.15) is 20.8 Å². The molecule has 0 aromatic heterocycles. The van der Waals surface area contributed by atoms with Crippen LogP contribution in [-0.2, 0) is 4.79 Å². The van der Waals surface area contributed by atoms with E-state index < -0.39 is 12.0 Å². The highest BCUT2D eigenvalue weighted by Gasteiger charge is 2.51. The van der Waals surface area contributed by atoms with Crippen LogP contribution in [0.4, 0.5) is 4.79 Å². The fraction of sp³-hybridized carbons (Fsp3) is 0.778. The van der Waals surface area contributed by atoms with Crippen LogP contribution in [0.15, 0.2) is 0 Å². The van der Waals surface area contributed by atoms with E-state index in [1.807, 2.05) is 20.8 Å². The molecule has 1 aliphatic rings. The zero-order valence-electron chi connectivity index (χ0n) is 8.96. The SMILES string of the molecule is CC(C)(C)[N+]1(C)CC(C(=O)[O-])NC1=O. The predicted octanol–water partition coefficient (Wildman–Crippen LogP) is -0.927. The van der Waals surface area contributed by atoms with Gasteiger partial charge < -0.3 is 9.90 Å². The Morgan fingerprint density at radius 1 is 1.57 bits per heavy atom. The molecule has 80 valence electrons. The lowest BCUT2D eigenvalue weighted by atomic mass is 10.0. The molecule has 5 nitrogen and oxygen atoms in total. The molecule has 1 saturated heterocycles. The van der Waals surface area contributed by atoms with E-state index in [4.69, 9.17) is 0 Å². The van der Waals surface area contributed by atoms with Gasteiger partial charge in [-0.15, -0.1) is 0 Å². The lowest BCUT2D eigenvalue weighted by Crippen LogP contribution is -2.59. The number of urea groups is 1. The standard InChI is InChI=1S/C9H16N2O3/c1-9(2,3)11(4)5-6(7(12)13)10-8(11)14/h6H,5H2,1-4H3,(H-,10,12,13,14). The van der Waals surface area contributed by atoms with Crippen LogP contribution in [-0.4, -0.2) is 41.7 Å². The molecule has 1 N–H and O–H groups in total. The number of amides is 2. The van der Waals surface area contributed by atoms with Crippen LogP contribution < -0.4 is 10.4 Å². The summed E-state index contributed by atoms with van der Waals surface area (Å²) < 4.78 is 0.0750. The average Bonchev–Trinajstić information content (AvgIpc) is 2.28. The fourth-order valence-corrected chi connectivity index (χ4v) is 1.50. The molecule has 2 atom stereocenters. The van der Waals surface area contributed by atoms with Crippen molar-refractivity contribution in [3.63, 3.8) is 0 Å². The van der Waals surface area contributed by atoms with Crippen LogP contribution in [0.3, 0.4) is 0 Å². The van der Waals surface area contributed by atoms with Gasteiger partial charge in [-0.1, -0.05) is 0 Å². The first kappa shape index (κ1) is 11.0. The monoisotopic (exact) mass is 200 g/mol. The van der Waals surface area contributed by atoms with Gasteiger partial charge in [-0.3, -0.25) is 5.32 Å². The summed E-state index contributed by atoms with van der Waals surface area (Å²) in [5.74, 6) is -1.22. The third-order valence-electron chi connectivity index (χ3n) is 3.06. The lowest BCUT2D eigenvalue weighted by molar-refractivity contribution is -0.870. The summed E-state index contributed by atoms with van der Waals surface area (Å²) in [6.45, 7) is 5.96. The number of likely N-dealkylation sites (N-methyl/N-ethyl adjacent to an activating group) is 1. The maximum absolute atomic E-state index is 11.6. The molecular weight excluding hydrogens is 184 g/mol. The highest BCUT2D eigenvalue weighted by Crippen LogP contribution is 2.26. The number of hydrogen-bond donors (Lipinski definition) is 1. The molecule has 0 aromatic rings. The second-order valence-corrected chi connectivity index (χ2v) is 4.87. The average molecular weight is 200 g/mol. The molecule has 0 saturated carbocycles. The van der Waals surface area contributed by atoms with Crippen molar-refractivity contribution >= 4 is 12.0 Å². The van der Waals surface area contributed by atoms with E-state index in [9.17, 15) is 14.7 Å². The Labute approximate surface area is 83.3 Å². The largest absolute Gasteiger partial charge is 0.548 e. The molecule has 1 aliphatic heterocycles. The summed E-state index contributed by atoms with van der Waals surface area (Å²) in [5, 5.41) is 13.0. The van der Waals surface area contributed by atoms with Crippen molar-refractivity contribution in [2.45, 2.75) is 32.4 Å². The number of carbonyl (C=O) groups is 2. The van der Waals surface area contributed by atoms with Gasteiger partial charge in [0.05, 0.1) is 18.6 Å². The molecule has 14 heavy (non-hydrogen) atoms. The van der Waals surface area contributed by atoms with Crippen molar-refractivity contribution in [1.29, 1.82) is 0 Å². The summed E-state index contributed by atoms with van der Waals surface area (Å²) in [6.07, 6.45) is 0. The first-order valence-electron chi connectivity index (χ1n) is 4.56. The normalized spacial score (nSPS) is 32.9. The number of rotatable bonds is 1. The number of aliphatic carboxylic acids is 1. The van der Waals surface area contributed by atoms with Crippen molar-refractivity contribution in [3.05, 3.63) is 0 Å². The number of carboxylic acids is 1. The minimum Gasteiger partial charge on any atom is -0.548 e. The minimum atomic E-state index is -1.22. The van der Waals surface area contributed by atoms with Gasteiger partial charge in [0.2, 0.25) is 0 Å². The van der Waals surface area contributed by atoms with Crippen LogP contribution in [0, 0.1) is 0 Å². The number of nitrogens with one attached hydrogen (secondary N) is 1. The number of carbonyl (C=O) groups excluding carboxylic acids is 2. The maximum atomic E-state index is 11.6. The van der Waals surface area contributed by atoms with E-state index in [1.54, 1.807) is 7.05 Å². The molecule has 2 amide bonds. The topological polar surface area (TPSA) is 69.2 Å². The summed E-state index contributed by atoms with van der Waals surface area (Å²) in [7, 11) is 1.73.